The van der Waals surface area contributed by atoms with Crippen molar-refractivity contribution in [3.8, 4) is 0 Å². The molecule has 0 aliphatic carbocycles. The summed E-state index contributed by atoms with van der Waals surface area (Å²) in [7, 11) is 0. The van der Waals surface area contributed by atoms with Gasteiger partial charge < -0.3 is 10.6 Å². The molecule has 2 rings (SSSR count). The first kappa shape index (κ1) is 13.8. The number of hydrogen-bond donors (Lipinski definition) is 1. The average molecular weight is 267 g/mol. The predicted octanol–water partition coefficient (Wildman–Crippen LogP) is 1.44. The Balaban J connectivity index is 2.37. The number of anilines is 1. The highest BCUT2D eigenvalue weighted by molar-refractivity contribution is 5.61. The van der Waals surface area contributed by atoms with Crippen molar-refractivity contribution in [2.45, 2.75) is 45.7 Å². The summed E-state index contributed by atoms with van der Waals surface area (Å²) in [6, 6.07) is 0.207. The van der Waals surface area contributed by atoms with Crippen LogP contribution in [-0.2, 0) is 6.54 Å². The van der Waals surface area contributed by atoms with Crippen LogP contribution in [0.25, 0.3) is 0 Å². The Hall–Kier alpha value is -1.63. The molecule has 0 saturated carbocycles. The Kier molecular flexibility index (Phi) is 4.04. The van der Waals surface area contributed by atoms with Gasteiger partial charge in [-0.25, -0.2) is 4.68 Å². The van der Waals surface area contributed by atoms with Crippen LogP contribution in [0.15, 0.2) is 0 Å². The van der Waals surface area contributed by atoms with Crippen LogP contribution < -0.4 is 10.6 Å². The van der Waals surface area contributed by atoms with E-state index in [0.29, 0.717) is 18.1 Å². The Morgan fingerprint density at radius 1 is 1.47 bits per heavy atom. The summed E-state index contributed by atoms with van der Waals surface area (Å²) in [6.45, 7) is 5.96. The van der Waals surface area contributed by atoms with Gasteiger partial charge in [0.25, 0.3) is 0 Å². The molecule has 0 unspecified atom stereocenters. The van der Waals surface area contributed by atoms with Crippen molar-refractivity contribution < 1.29 is 4.92 Å². The third-order valence-corrected chi connectivity index (χ3v) is 3.53. The molecular weight excluding hydrogens is 246 g/mol. The van der Waals surface area contributed by atoms with Gasteiger partial charge in [-0.15, -0.1) is 0 Å². The van der Waals surface area contributed by atoms with Crippen LogP contribution >= 0.6 is 0 Å². The van der Waals surface area contributed by atoms with Crippen LogP contribution in [-0.4, -0.2) is 33.8 Å². The van der Waals surface area contributed by atoms with Gasteiger partial charge in [-0.1, -0.05) is 6.92 Å². The number of aromatic nitrogens is 2. The first-order chi connectivity index (χ1) is 9.04. The highest BCUT2D eigenvalue weighted by atomic mass is 16.6. The molecule has 1 aliphatic rings. The molecule has 0 aromatic carbocycles. The number of aryl methyl sites for hydroxylation is 2. The summed E-state index contributed by atoms with van der Waals surface area (Å²) in [5.41, 5.74) is 6.52. The Morgan fingerprint density at radius 2 is 2.11 bits per heavy atom. The lowest BCUT2D eigenvalue weighted by Crippen LogP contribution is -2.40. The van der Waals surface area contributed by atoms with E-state index in [4.69, 9.17) is 5.73 Å². The second-order valence-electron chi connectivity index (χ2n) is 5.06. The summed E-state index contributed by atoms with van der Waals surface area (Å²) >= 11 is 0. The number of piperidine rings is 1. The number of hydrogen-bond acceptors (Lipinski definition) is 5. The maximum absolute atomic E-state index is 11.3. The predicted molar refractivity (Wildman–Crippen MR) is 73.3 cm³/mol. The topological polar surface area (TPSA) is 90.2 Å². The molecule has 2 N–H and O–H groups in total. The van der Waals surface area contributed by atoms with Gasteiger partial charge in [0.05, 0.1) is 4.92 Å². The largest absolute Gasteiger partial charge is 0.351 e. The molecule has 1 fully saturated rings. The highest BCUT2D eigenvalue weighted by Crippen LogP contribution is 2.33. The van der Waals surface area contributed by atoms with E-state index in [1.165, 1.54) is 0 Å². The molecule has 0 amide bonds. The maximum atomic E-state index is 11.3. The first-order valence-corrected chi connectivity index (χ1v) is 6.77. The molecule has 0 atom stereocenters. The molecule has 1 aliphatic heterocycles. The Bertz CT molecular complexity index is 463. The lowest BCUT2D eigenvalue weighted by atomic mass is 10.1. The van der Waals surface area contributed by atoms with E-state index in [1.54, 1.807) is 11.6 Å². The van der Waals surface area contributed by atoms with Crippen LogP contribution in [0.5, 0.6) is 0 Å². The van der Waals surface area contributed by atoms with Crippen molar-refractivity contribution >= 4 is 11.5 Å². The van der Waals surface area contributed by atoms with Gasteiger partial charge in [0.1, 0.15) is 5.69 Å². The van der Waals surface area contributed by atoms with Crippen molar-refractivity contribution in [1.29, 1.82) is 0 Å². The molecule has 19 heavy (non-hydrogen) atoms. The van der Waals surface area contributed by atoms with Gasteiger partial charge in [-0.05, 0) is 26.2 Å². The molecular formula is C12H21N5O2. The van der Waals surface area contributed by atoms with E-state index in [9.17, 15) is 10.1 Å². The van der Waals surface area contributed by atoms with E-state index >= 15 is 0 Å². The maximum Gasteiger partial charge on any atom is 0.333 e. The minimum absolute atomic E-state index is 0.143. The lowest BCUT2D eigenvalue weighted by Gasteiger charge is -2.31. The molecule has 1 saturated heterocycles. The van der Waals surface area contributed by atoms with Crippen molar-refractivity contribution in [1.82, 2.24) is 9.78 Å². The van der Waals surface area contributed by atoms with Gasteiger partial charge in [-0.3, -0.25) is 10.1 Å². The quantitative estimate of drug-likeness (QED) is 0.658. The summed E-state index contributed by atoms with van der Waals surface area (Å²) in [6.07, 6.45) is 2.64. The third-order valence-electron chi connectivity index (χ3n) is 3.53. The molecule has 106 valence electrons. The Labute approximate surface area is 112 Å². The van der Waals surface area contributed by atoms with Gasteiger partial charge in [0.2, 0.25) is 5.82 Å². The van der Waals surface area contributed by atoms with E-state index in [0.717, 1.165) is 32.4 Å². The number of nitro groups is 1. The molecule has 0 bridgehead atoms. The van der Waals surface area contributed by atoms with Gasteiger partial charge in [-0.2, -0.15) is 5.10 Å². The molecule has 2 heterocycles. The summed E-state index contributed by atoms with van der Waals surface area (Å²) in [4.78, 5) is 13.0. The monoisotopic (exact) mass is 267 g/mol. The summed E-state index contributed by atoms with van der Waals surface area (Å²) in [5.74, 6) is 0.649. The van der Waals surface area contributed by atoms with Gasteiger partial charge in [0, 0.05) is 25.7 Å². The number of nitrogens with two attached hydrogens (primary N) is 1. The van der Waals surface area contributed by atoms with Crippen LogP contribution in [0.2, 0.25) is 0 Å². The number of nitrogens with zero attached hydrogens (tertiary/aromatic N) is 4. The second-order valence-corrected chi connectivity index (χ2v) is 5.06. The van der Waals surface area contributed by atoms with Crippen LogP contribution in [0.4, 0.5) is 11.5 Å². The third kappa shape index (κ3) is 2.70. The van der Waals surface area contributed by atoms with Crippen LogP contribution in [0.1, 0.15) is 31.9 Å². The van der Waals surface area contributed by atoms with Gasteiger partial charge in [0.15, 0.2) is 0 Å². The average Bonchev–Trinajstić information content (AvgIpc) is 2.67. The summed E-state index contributed by atoms with van der Waals surface area (Å²) in [5, 5.41) is 15.6. The normalized spacial score (nSPS) is 16.9. The van der Waals surface area contributed by atoms with Crippen LogP contribution in [0, 0.1) is 17.0 Å². The molecule has 0 radical (unpaired) electrons. The molecule has 0 spiro atoms. The zero-order valence-electron chi connectivity index (χ0n) is 11.5. The van der Waals surface area contributed by atoms with Crippen molar-refractivity contribution in [2.75, 3.05) is 18.0 Å². The standard InChI is InChI=1S/C12H21N5O2/c1-3-6-16-12(11(17(18)19)9(2)14-16)15-7-4-10(13)5-8-15/h10H,3-8,13H2,1-2H3. The fraction of sp³-hybridized carbons (Fsp3) is 0.750. The van der Waals surface area contributed by atoms with Crippen molar-refractivity contribution in [3.05, 3.63) is 15.8 Å². The molecule has 1 aromatic heterocycles. The van der Waals surface area contributed by atoms with Crippen molar-refractivity contribution in [3.63, 3.8) is 0 Å². The fourth-order valence-electron chi connectivity index (χ4n) is 2.57. The lowest BCUT2D eigenvalue weighted by molar-refractivity contribution is -0.384. The smallest absolute Gasteiger partial charge is 0.333 e. The first-order valence-electron chi connectivity index (χ1n) is 6.77. The Morgan fingerprint density at radius 3 is 2.63 bits per heavy atom. The fourth-order valence-corrected chi connectivity index (χ4v) is 2.57. The minimum Gasteiger partial charge on any atom is -0.351 e. The second kappa shape index (κ2) is 5.56. The highest BCUT2D eigenvalue weighted by Gasteiger charge is 2.31. The molecule has 7 nitrogen and oxygen atoms in total. The van der Waals surface area contributed by atoms with E-state index in [1.807, 2.05) is 6.92 Å². The zero-order chi connectivity index (χ0) is 14.0. The molecule has 7 heteroatoms. The van der Waals surface area contributed by atoms with E-state index in [-0.39, 0.29) is 16.7 Å². The number of rotatable bonds is 4. The summed E-state index contributed by atoms with van der Waals surface area (Å²) < 4.78 is 1.77. The SMILES string of the molecule is CCCn1nc(C)c([N+](=O)[O-])c1N1CCC(N)CC1. The zero-order valence-corrected chi connectivity index (χ0v) is 11.5. The van der Waals surface area contributed by atoms with E-state index < -0.39 is 0 Å². The van der Waals surface area contributed by atoms with Gasteiger partial charge >= 0.3 is 5.69 Å². The van der Waals surface area contributed by atoms with Crippen LogP contribution in [0.3, 0.4) is 0 Å². The molecule has 1 aromatic rings. The van der Waals surface area contributed by atoms with Crippen molar-refractivity contribution in [2.24, 2.45) is 5.73 Å². The van der Waals surface area contributed by atoms with E-state index in [2.05, 4.69) is 10.00 Å². The minimum atomic E-state index is -0.321.